The molecule has 2 atom stereocenters. The highest BCUT2D eigenvalue weighted by atomic mass is 35.5. The van der Waals surface area contributed by atoms with Crippen LogP contribution in [0.4, 0.5) is 14.7 Å². The number of piperidine rings is 1. The lowest BCUT2D eigenvalue weighted by Gasteiger charge is -2.41. The van der Waals surface area contributed by atoms with E-state index in [-0.39, 0.29) is 13.1 Å². The lowest BCUT2D eigenvalue weighted by atomic mass is 9.87. The number of rotatable bonds is 2. The van der Waals surface area contributed by atoms with E-state index in [4.69, 9.17) is 11.6 Å². The first-order chi connectivity index (χ1) is 8.86. The average molecular weight is 308 g/mol. The second-order valence-corrected chi connectivity index (χ2v) is 6.11. The Morgan fingerprint density at radius 1 is 1.37 bits per heavy atom. The van der Waals surface area contributed by atoms with E-state index < -0.39 is 17.8 Å². The van der Waals surface area contributed by atoms with Crippen LogP contribution in [0.25, 0.3) is 0 Å². The van der Waals surface area contributed by atoms with Crippen molar-refractivity contribution >= 4 is 29.3 Å². The summed E-state index contributed by atoms with van der Waals surface area (Å²) in [6.07, 6.45) is 3.39. The molecule has 7 heteroatoms. The number of hydrogen-bond acceptors (Lipinski definition) is 4. The van der Waals surface area contributed by atoms with Crippen LogP contribution in [-0.4, -0.2) is 35.2 Å². The molecular formula is C12H16ClF2N3S. The first-order valence-electron chi connectivity index (χ1n) is 6.05. The summed E-state index contributed by atoms with van der Waals surface area (Å²) >= 11 is 7.37. The molecule has 0 spiro atoms. The van der Waals surface area contributed by atoms with Gasteiger partial charge in [0, 0.05) is 24.9 Å². The lowest BCUT2D eigenvalue weighted by molar-refractivity contribution is -0.105. The molecule has 1 fully saturated rings. The van der Waals surface area contributed by atoms with E-state index in [2.05, 4.69) is 9.97 Å². The summed E-state index contributed by atoms with van der Waals surface area (Å²) in [6, 6.07) is 0. The van der Waals surface area contributed by atoms with Gasteiger partial charge in [-0.1, -0.05) is 25.4 Å². The van der Waals surface area contributed by atoms with Gasteiger partial charge in [-0.25, -0.2) is 18.7 Å². The number of thioether (sulfide) groups is 1. The minimum atomic E-state index is -2.63. The maximum absolute atomic E-state index is 13.8. The molecule has 2 unspecified atom stereocenters. The summed E-state index contributed by atoms with van der Waals surface area (Å²) in [4.78, 5) is 10.3. The number of anilines is 1. The van der Waals surface area contributed by atoms with Crippen molar-refractivity contribution in [3.63, 3.8) is 0 Å². The smallest absolute Gasteiger partial charge is 0.256 e. The molecule has 19 heavy (non-hydrogen) atoms. The first-order valence-corrected chi connectivity index (χ1v) is 7.65. The van der Waals surface area contributed by atoms with Crippen LogP contribution in [0.3, 0.4) is 0 Å². The van der Waals surface area contributed by atoms with Crippen molar-refractivity contribution in [3.8, 4) is 0 Å². The van der Waals surface area contributed by atoms with Crippen LogP contribution in [0, 0.1) is 11.8 Å². The largest absolute Gasteiger partial charge is 0.340 e. The van der Waals surface area contributed by atoms with Crippen LogP contribution in [0.1, 0.15) is 13.8 Å². The van der Waals surface area contributed by atoms with Gasteiger partial charge in [-0.15, -0.1) is 11.8 Å². The fraction of sp³-hybridized carbons (Fsp3) is 0.667. The summed E-state index contributed by atoms with van der Waals surface area (Å²) in [6.45, 7) is 3.64. The molecule has 0 aromatic carbocycles. The zero-order valence-corrected chi connectivity index (χ0v) is 12.6. The molecule has 1 aliphatic heterocycles. The third-order valence-electron chi connectivity index (χ3n) is 3.48. The van der Waals surface area contributed by atoms with Gasteiger partial charge in [0.15, 0.2) is 0 Å². The molecule has 1 aliphatic rings. The van der Waals surface area contributed by atoms with E-state index in [1.165, 1.54) is 18.0 Å². The van der Waals surface area contributed by atoms with E-state index in [0.717, 1.165) is 0 Å². The van der Waals surface area contributed by atoms with Crippen molar-refractivity contribution in [1.82, 2.24) is 9.97 Å². The van der Waals surface area contributed by atoms with Gasteiger partial charge >= 0.3 is 0 Å². The summed E-state index contributed by atoms with van der Waals surface area (Å²) < 4.78 is 27.6. The predicted octanol–water partition coefficient (Wildman–Crippen LogP) is 3.58. The molecule has 0 saturated carbocycles. The van der Waals surface area contributed by atoms with Gasteiger partial charge in [-0.05, 0) is 6.26 Å². The molecule has 2 rings (SSSR count). The van der Waals surface area contributed by atoms with Crippen LogP contribution in [-0.2, 0) is 0 Å². The topological polar surface area (TPSA) is 29.0 Å². The molecule has 1 aromatic rings. The molecule has 0 bridgehead atoms. The fourth-order valence-corrected chi connectivity index (χ4v) is 3.01. The Labute approximate surface area is 120 Å². The third kappa shape index (κ3) is 2.79. The van der Waals surface area contributed by atoms with Gasteiger partial charge in [0.2, 0.25) is 5.95 Å². The number of nitrogens with zero attached hydrogens (tertiary/aromatic N) is 3. The fourth-order valence-electron chi connectivity index (χ4n) is 2.27. The van der Waals surface area contributed by atoms with Gasteiger partial charge in [0.1, 0.15) is 5.03 Å². The highest BCUT2D eigenvalue weighted by Crippen LogP contribution is 2.38. The first kappa shape index (κ1) is 14.8. The predicted molar refractivity (Wildman–Crippen MR) is 74.3 cm³/mol. The number of aromatic nitrogens is 2. The Kier molecular flexibility index (Phi) is 4.20. The summed E-state index contributed by atoms with van der Waals surface area (Å²) in [5.74, 6) is -3.59. The van der Waals surface area contributed by atoms with Crippen molar-refractivity contribution in [2.45, 2.75) is 24.8 Å². The van der Waals surface area contributed by atoms with E-state index in [0.29, 0.717) is 16.0 Å². The van der Waals surface area contributed by atoms with E-state index in [1.54, 1.807) is 13.8 Å². The van der Waals surface area contributed by atoms with E-state index >= 15 is 0 Å². The van der Waals surface area contributed by atoms with E-state index in [9.17, 15) is 8.78 Å². The third-order valence-corrected chi connectivity index (χ3v) is 4.56. The highest BCUT2D eigenvalue weighted by Gasteiger charge is 2.47. The van der Waals surface area contributed by atoms with Gasteiger partial charge in [0.25, 0.3) is 5.92 Å². The van der Waals surface area contributed by atoms with Gasteiger partial charge in [0.05, 0.1) is 11.2 Å². The normalized spacial score (nSPS) is 26.5. The Hall–Kier alpha value is -0.620. The van der Waals surface area contributed by atoms with Crippen LogP contribution in [0.5, 0.6) is 0 Å². The molecule has 1 saturated heterocycles. The molecule has 3 nitrogen and oxygen atoms in total. The van der Waals surface area contributed by atoms with Crippen LogP contribution < -0.4 is 4.90 Å². The van der Waals surface area contributed by atoms with E-state index in [1.807, 2.05) is 11.2 Å². The SMILES string of the molecule is CSc1nc(N2CC(C)C(F)(F)C(C)C2)ncc1Cl. The van der Waals surface area contributed by atoms with Crippen molar-refractivity contribution < 1.29 is 8.78 Å². The summed E-state index contributed by atoms with van der Waals surface area (Å²) in [5.41, 5.74) is 0. The lowest BCUT2D eigenvalue weighted by Crippen LogP contribution is -2.52. The standard InChI is InChI=1S/C12H16ClF2N3S/c1-7-5-18(6-8(2)12(7,14)15)11-16-4-9(13)10(17-11)19-3/h4,7-8H,5-6H2,1-3H3. The van der Waals surface area contributed by atoms with Crippen molar-refractivity contribution in [1.29, 1.82) is 0 Å². The minimum absolute atomic E-state index is 0.257. The monoisotopic (exact) mass is 307 g/mol. The number of hydrogen-bond donors (Lipinski definition) is 0. The Balaban J connectivity index is 2.24. The Morgan fingerprint density at radius 3 is 2.47 bits per heavy atom. The second kappa shape index (κ2) is 5.40. The molecule has 0 radical (unpaired) electrons. The summed E-state index contributed by atoms with van der Waals surface area (Å²) in [5, 5.41) is 1.16. The van der Waals surface area contributed by atoms with Crippen LogP contribution in [0.15, 0.2) is 11.2 Å². The van der Waals surface area contributed by atoms with Gasteiger partial charge in [-0.2, -0.15) is 0 Å². The number of alkyl halides is 2. The van der Waals surface area contributed by atoms with Crippen LogP contribution in [0.2, 0.25) is 5.02 Å². The van der Waals surface area contributed by atoms with Crippen LogP contribution >= 0.6 is 23.4 Å². The maximum Gasteiger partial charge on any atom is 0.256 e. The van der Waals surface area contributed by atoms with Crippen molar-refractivity contribution in [3.05, 3.63) is 11.2 Å². The molecule has 0 N–H and O–H groups in total. The molecule has 0 aliphatic carbocycles. The molecule has 0 amide bonds. The molecule has 1 aromatic heterocycles. The quantitative estimate of drug-likeness (QED) is 0.617. The average Bonchev–Trinajstić information content (AvgIpc) is 2.36. The minimum Gasteiger partial charge on any atom is -0.340 e. The molecule has 106 valence electrons. The Morgan fingerprint density at radius 2 is 1.95 bits per heavy atom. The highest BCUT2D eigenvalue weighted by molar-refractivity contribution is 7.98. The molecule has 2 heterocycles. The van der Waals surface area contributed by atoms with Crippen molar-refractivity contribution in [2.75, 3.05) is 24.2 Å². The molecular weight excluding hydrogens is 292 g/mol. The van der Waals surface area contributed by atoms with Crippen molar-refractivity contribution in [2.24, 2.45) is 11.8 Å². The second-order valence-electron chi connectivity index (χ2n) is 4.91. The number of halogens is 3. The van der Waals surface area contributed by atoms with Gasteiger partial charge in [-0.3, -0.25) is 0 Å². The maximum atomic E-state index is 13.8. The Bertz CT molecular complexity index is 458. The van der Waals surface area contributed by atoms with Gasteiger partial charge < -0.3 is 4.90 Å². The zero-order valence-electron chi connectivity index (χ0n) is 11.0. The zero-order chi connectivity index (χ0) is 14.2. The summed E-state index contributed by atoms with van der Waals surface area (Å²) in [7, 11) is 0.